The van der Waals surface area contributed by atoms with E-state index in [0.29, 0.717) is 17.0 Å². The van der Waals surface area contributed by atoms with E-state index < -0.39 is 17.7 Å². The Labute approximate surface area is 146 Å². The number of halogens is 3. The summed E-state index contributed by atoms with van der Waals surface area (Å²) >= 11 is 0. The van der Waals surface area contributed by atoms with Gasteiger partial charge in [0.05, 0.1) is 17.9 Å². The molecule has 0 saturated carbocycles. The SMILES string of the molecule is O=C(NCc1cc(-c2ccc(F)cc2)ncn1)Nc1ccc(F)c(F)c1. The highest BCUT2D eigenvalue weighted by Crippen LogP contribution is 2.17. The maximum absolute atomic E-state index is 13.1. The van der Waals surface area contributed by atoms with Crippen LogP contribution in [0.5, 0.6) is 0 Å². The van der Waals surface area contributed by atoms with Crippen LogP contribution in [0.25, 0.3) is 11.3 Å². The van der Waals surface area contributed by atoms with Gasteiger partial charge in [-0.3, -0.25) is 0 Å². The lowest BCUT2D eigenvalue weighted by molar-refractivity contribution is 0.251. The number of hydrogen-bond acceptors (Lipinski definition) is 3. The number of carbonyl (C=O) groups excluding carboxylic acids is 1. The Balaban J connectivity index is 1.62. The first kappa shape index (κ1) is 17.4. The van der Waals surface area contributed by atoms with Crippen LogP contribution in [-0.2, 0) is 6.54 Å². The Morgan fingerprint density at radius 1 is 0.923 bits per heavy atom. The van der Waals surface area contributed by atoms with Crippen molar-refractivity contribution >= 4 is 11.7 Å². The quantitative estimate of drug-likeness (QED) is 0.744. The van der Waals surface area contributed by atoms with Crippen LogP contribution in [0.4, 0.5) is 23.7 Å². The van der Waals surface area contributed by atoms with Gasteiger partial charge in [0.15, 0.2) is 11.6 Å². The molecule has 2 aromatic carbocycles. The Hall–Kier alpha value is -3.42. The first-order valence-corrected chi connectivity index (χ1v) is 7.58. The standard InChI is InChI=1S/C18H13F3N4O/c19-12-3-1-11(2-4-12)17-8-14(23-10-24-17)9-22-18(26)25-13-5-6-15(20)16(21)7-13/h1-8,10H,9H2,(H2,22,25,26). The minimum absolute atomic E-state index is 0.0895. The van der Waals surface area contributed by atoms with Gasteiger partial charge in [-0.1, -0.05) is 0 Å². The van der Waals surface area contributed by atoms with Crippen molar-refractivity contribution in [3.05, 3.63) is 78.0 Å². The van der Waals surface area contributed by atoms with Crippen LogP contribution in [0.15, 0.2) is 54.9 Å². The van der Waals surface area contributed by atoms with Gasteiger partial charge in [0.25, 0.3) is 0 Å². The molecule has 0 unspecified atom stereocenters. The molecule has 3 aromatic rings. The Morgan fingerprint density at radius 2 is 1.69 bits per heavy atom. The van der Waals surface area contributed by atoms with Crippen LogP contribution < -0.4 is 10.6 Å². The number of urea groups is 1. The average molecular weight is 358 g/mol. The van der Waals surface area contributed by atoms with E-state index in [1.165, 1.54) is 24.5 Å². The number of amides is 2. The van der Waals surface area contributed by atoms with Crippen molar-refractivity contribution in [1.29, 1.82) is 0 Å². The third kappa shape index (κ3) is 4.35. The largest absolute Gasteiger partial charge is 0.332 e. The van der Waals surface area contributed by atoms with E-state index in [4.69, 9.17) is 0 Å². The van der Waals surface area contributed by atoms with E-state index in [1.807, 2.05) is 0 Å². The third-order valence-corrected chi connectivity index (χ3v) is 3.47. The topological polar surface area (TPSA) is 66.9 Å². The van der Waals surface area contributed by atoms with Gasteiger partial charge in [0.2, 0.25) is 0 Å². The van der Waals surface area contributed by atoms with Gasteiger partial charge in [-0.05, 0) is 42.5 Å². The molecular formula is C18H13F3N4O. The molecule has 0 bridgehead atoms. The predicted molar refractivity (Wildman–Crippen MR) is 89.6 cm³/mol. The number of nitrogens with one attached hydrogen (secondary N) is 2. The summed E-state index contributed by atoms with van der Waals surface area (Å²) in [6.45, 7) is 0.0895. The number of aromatic nitrogens is 2. The molecule has 0 aliphatic carbocycles. The van der Waals surface area contributed by atoms with Gasteiger partial charge in [0.1, 0.15) is 12.1 Å². The Bertz CT molecular complexity index is 932. The van der Waals surface area contributed by atoms with E-state index in [0.717, 1.165) is 12.1 Å². The second-order valence-electron chi connectivity index (χ2n) is 5.34. The normalized spacial score (nSPS) is 10.4. The molecule has 0 aliphatic heterocycles. The van der Waals surface area contributed by atoms with Gasteiger partial charge in [-0.25, -0.2) is 27.9 Å². The molecule has 0 aliphatic rings. The number of nitrogens with zero attached hydrogens (tertiary/aromatic N) is 2. The van der Waals surface area contributed by atoms with Crippen molar-refractivity contribution in [3.8, 4) is 11.3 Å². The fraction of sp³-hybridized carbons (Fsp3) is 0.0556. The van der Waals surface area contributed by atoms with Gasteiger partial charge in [-0.15, -0.1) is 0 Å². The average Bonchev–Trinajstić information content (AvgIpc) is 2.64. The summed E-state index contributed by atoms with van der Waals surface area (Å²) in [7, 11) is 0. The van der Waals surface area contributed by atoms with E-state index in [1.54, 1.807) is 18.2 Å². The van der Waals surface area contributed by atoms with E-state index in [2.05, 4.69) is 20.6 Å². The number of rotatable bonds is 4. The highest BCUT2D eigenvalue weighted by Gasteiger charge is 2.07. The molecule has 0 radical (unpaired) electrons. The fourth-order valence-electron chi connectivity index (χ4n) is 2.19. The van der Waals surface area contributed by atoms with Crippen molar-refractivity contribution in [1.82, 2.24) is 15.3 Å². The maximum atomic E-state index is 13.1. The smallest absolute Gasteiger partial charge is 0.319 e. The van der Waals surface area contributed by atoms with Crippen molar-refractivity contribution < 1.29 is 18.0 Å². The lowest BCUT2D eigenvalue weighted by Crippen LogP contribution is -2.28. The van der Waals surface area contributed by atoms with Crippen LogP contribution in [0.1, 0.15) is 5.69 Å². The van der Waals surface area contributed by atoms with Gasteiger partial charge in [0, 0.05) is 17.3 Å². The van der Waals surface area contributed by atoms with Crippen LogP contribution in [0.2, 0.25) is 0 Å². The summed E-state index contributed by atoms with van der Waals surface area (Å²) in [6.07, 6.45) is 1.34. The Kier molecular flexibility index (Phi) is 5.12. The first-order valence-electron chi connectivity index (χ1n) is 7.58. The summed E-state index contributed by atoms with van der Waals surface area (Å²) in [6, 6.07) is 9.93. The van der Waals surface area contributed by atoms with Gasteiger partial charge < -0.3 is 10.6 Å². The lowest BCUT2D eigenvalue weighted by atomic mass is 10.1. The van der Waals surface area contributed by atoms with Crippen molar-refractivity contribution in [2.75, 3.05) is 5.32 Å². The molecule has 5 nitrogen and oxygen atoms in total. The second kappa shape index (κ2) is 7.64. The maximum Gasteiger partial charge on any atom is 0.319 e. The molecule has 26 heavy (non-hydrogen) atoms. The molecule has 0 atom stereocenters. The van der Waals surface area contributed by atoms with Crippen LogP contribution >= 0.6 is 0 Å². The molecule has 0 saturated heterocycles. The van der Waals surface area contributed by atoms with E-state index >= 15 is 0 Å². The predicted octanol–water partition coefficient (Wildman–Crippen LogP) is 3.88. The molecule has 132 valence electrons. The van der Waals surface area contributed by atoms with Crippen LogP contribution in [-0.4, -0.2) is 16.0 Å². The minimum Gasteiger partial charge on any atom is -0.332 e. The molecule has 8 heteroatoms. The molecule has 0 spiro atoms. The zero-order valence-electron chi connectivity index (χ0n) is 13.3. The monoisotopic (exact) mass is 358 g/mol. The molecule has 3 rings (SSSR count). The van der Waals surface area contributed by atoms with E-state index in [-0.39, 0.29) is 18.0 Å². The summed E-state index contributed by atoms with van der Waals surface area (Å²) < 4.78 is 39.0. The third-order valence-electron chi connectivity index (χ3n) is 3.47. The number of anilines is 1. The number of carbonyl (C=O) groups is 1. The molecule has 1 aromatic heterocycles. The highest BCUT2D eigenvalue weighted by molar-refractivity contribution is 5.89. The van der Waals surface area contributed by atoms with Crippen molar-refractivity contribution in [2.45, 2.75) is 6.54 Å². The lowest BCUT2D eigenvalue weighted by Gasteiger charge is -2.08. The first-order chi connectivity index (χ1) is 12.5. The molecule has 0 fully saturated rings. The second-order valence-corrected chi connectivity index (χ2v) is 5.34. The summed E-state index contributed by atoms with van der Waals surface area (Å²) in [5.74, 6) is -2.40. The molecule has 1 heterocycles. The van der Waals surface area contributed by atoms with Gasteiger partial charge >= 0.3 is 6.03 Å². The van der Waals surface area contributed by atoms with Gasteiger partial charge in [-0.2, -0.15) is 0 Å². The van der Waals surface area contributed by atoms with E-state index in [9.17, 15) is 18.0 Å². The summed E-state index contributed by atoms with van der Waals surface area (Å²) in [4.78, 5) is 20.0. The Morgan fingerprint density at radius 3 is 2.42 bits per heavy atom. The van der Waals surface area contributed by atoms with Crippen LogP contribution in [0, 0.1) is 17.5 Å². The highest BCUT2D eigenvalue weighted by atomic mass is 19.2. The minimum atomic E-state index is -1.05. The fourth-order valence-corrected chi connectivity index (χ4v) is 2.19. The van der Waals surface area contributed by atoms with Crippen molar-refractivity contribution in [2.24, 2.45) is 0 Å². The van der Waals surface area contributed by atoms with Crippen molar-refractivity contribution in [3.63, 3.8) is 0 Å². The zero-order chi connectivity index (χ0) is 18.5. The zero-order valence-corrected chi connectivity index (χ0v) is 13.3. The molecular weight excluding hydrogens is 345 g/mol. The molecule has 2 amide bonds. The number of benzene rings is 2. The van der Waals surface area contributed by atoms with Crippen LogP contribution in [0.3, 0.4) is 0 Å². The molecule has 2 N–H and O–H groups in total. The summed E-state index contributed by atoms with van der Waals surface area (Å²) in [5, 5.41) is 4.94. The number of hydrogen-bond donors (Lipinski definition) is 2. The summed E-state index contributed by atoms with van der Waals surface area (Å²) in [5.41, 5.74) is 1.94.